The number of aryl methyl sites for hydroxylation is 1. The first-order valence-electron chi connectivity index (χ1n) is 13.2. The third-order valence-electron chi connectivity index (χ3n) is 8.26. The highest BCUT2D eigenvalue weighted by molar-refractivity contribution is 5.68. The van der Waals surface area contributed by atoms with Gasteiger partial charge < -0.3 is 14.5 Å². The zero-order valence-electron chi connectivity index (χ0n) is 21.9. The number of nitro benzene ring substituents is 1. The fraction of sp³-hybridized carbons (Fsp3) is 0.741. The average Bonchev–Trinajstić information content (AvgIpc) is 2.80. The van der Waals surface area contributed by atoms with Gasteiger partial charge >= 0.3 is 6.09 Å². The summed E-state index contributed by atoms with van der Waals surface area (Å²) in [7, 11) is 0. The van der Waals surface area contributed by atoms with E-state index in [-0.39, 0.29) is 16.7 Å². The second-order valence-electron chi connectivity index (χ2n) is 11.9. The van der Waals surface area contributed by atoms with E-state index in [0.717, 1.165) is 69.3 Å². The number of rotatable bonds is 4. The van der Waals surface area contributed by atoms with Gasteiger partial charge in [0.1, 0.15) is 5.60 Å². The molecule has 0 atom stereocenters. The molecule has 0 radical (unpaired) electrons. The first-order valence-corrected chi connectivity index (χ1v) is 13.2. The van der Waals surface area contributed by atoms with Crippen molar-refractivity contribution < 1.29 is 14.5 Å². The third-order valence-corrected chi connectivity index (χ3v) is 8.26. The lowest BCUT2D eigenvalue weighted by Gasteiger charge is -2.47. The number of carbonyl (C=O) groups is 1. The molecule has 194 valence electrons. The monoisotopic (exact) mass is 486 g/mol. The van der Waals surface area contributed by atoms with Crippen molar-refractivity contribution >= 4 is 17.5 Å². The van der Waals surface area contributed by atoms with E-state index < -0.39 is 5.60 Å². The fourth-order valence-electron chi connectivity index (χ4n) is 6.11. The largest absolute Gasteiger partial charge is 0.444 e. The average molecular weight is 487 g/mol. The van der Waals surface area contributed by atoms with Crippen LogP contribution in [0, 0.1) is 28.4 Å². The number of nitrogens with zero attached hydrogens (tertiary/aromatic N) is 4. The Hall–Kier alpha value is -2.35. The summed E-state index contributed by atoms with van der Waals surface area (Å²) >= 11 is 0. The van der Waals surface area contributed by atoms with Gasteiger partial charge in [-0.1, -0.05) is 0 Å². The molecular weight excluding hydrogens is 444 g/mol. The van der Waals surface area contributed by atoms with Crippen LogP contribution in [-0.2, 0) is 4.74 Å². The van der Waals surface area contributed by atoms with Crippen LogP contribution in [0.4, 0.5) is 16.2 Å². The summed E-state index contributed by atoms with van der Waals surface area (Å²) in [4.78, 5) is 30.0. The fourth-order valence-corrected chi connectivity index (χ4v) is 6.11. The van der Waals surface area contributed by atoms with Crippen molar-refractivity contribution in [2.24, 2.45) is 11.3 Å². The van der Waals surface area contributed by atoms with Gasteiger partial charge in [-0.05, 0) is 89.2 Å². The third kappa shape index (κ3) is 6.46. The number of hydrogen-bond acceptors (Lipinski definition) is 6. The van der Waals surface area contributed by atoms with E-state index in [1.54, 1.807) is 12.1 Å². The first kappa shape index (κ1) is 25.7. The van der Waals surface area contributed by atoms with Gasteiger partial charge in [-0.3, -0.25) is 15.0 Å². The highest BCUT2D eigenvalue weighted by atomic mass is 16.6. The Balaban J connectivity index is 1.19. The minimum Gasteiger partial charge on any atom is -0.444 e. The summed E-state index contributed by atoms with van der Waals surface area (Å²) in [5.74, 6) is 0.761. The maximum atomic E-state index is 12.4. The molecule has 1 amide bonds. The van der Waals surface area contributed by atoms with Crippen LogP contribution < -0.4 is 4.90 Å². The van der Waals surface area contributed by atoms with Crippen LogP contribution in [-0.4, -0.2) is 72.2 Å². The topological polar surface area (TPSA) is 79.2 Å². The van der Waals surface area contributed by atoms with Crippen molar-refractivity contribution in [3.63, 3.8) is 0 Å². The summed E-state index contributed by atoms with van der Waals surface area (Å²) in [5.41, 5.74) is 2.24. The molecule has 0 unspecified atom stereocenters. The summed E-state index contributed by atoms with van der Waals surface area (Å²) in [5, 5.41) is 11.0. The van der Waals surface area contributed by atoms with Gasteiger partial charge in [-0.15, -0.1) is 0 Å². The van der Waals surface area contributed by atoms with Crippen LogP contribution in [0.3, 0.4) is 0 Å². The van der Waals surface area contributed by atoms with E-state index in [9.17, 15) is 14.9 Å². The molecule has 2 heterocycles. The Bertz CT molecular complexity index is 902. The molecule has 0 aromatic heterocycles. The standard InChI is InChI=1S/C27H42N4O4/c1-21-19-23(31(33)34)5-6-24(21)29-17-15-28(16-18-29)20-22-7-9-27(10-8-22)11-13-30(14-12-27)25(32)35-26(2,3)4/h5-6,19,22H,7-18,20H2,1-4H3. The highest BCUT2D eigenvalue weighted by Gasteiger charge is 2.40. The minimum absolute atomic E-state index is 0.162. The molecule has 2 aliphatic heterocycles. The number of benzene rings is 1. The summed E-state index contributed by atoms with van der Waals surface area (Å²) in [6.45, 7) is 14.6. The van der Waals surface area contributed by atoms with E-state index >= 15 is 0 Å². The molecule has 1 spiro atoms. The molecule has 8 heteroatoms. The minimum atomic E-state index is -0.434. The number of likely N-dealkylation sites (tertiary alicyclic amines) is 1. The SMILES string of the molecule is Cc1cc([N+](=O)[O-])ccc1N1CCN(CC2CCC3(CC2)CCN(C(=O)OC(C)(C)C)CC3)CC1. The molecule has 35 heavy (non-hydrogen) atoms. The van der Waals surface area contributed by atoms with Gasteiger partial charge in [0.25, 0.3) is 5.69 Å². The lowest BCUT2D eigenvalue weighted by Crippen LogP contribution is -2.49. The van der Waals surface area contributed by atoms with Crippen molar-refractivity contribution in [1.82, 2.24) is 9.80 Å². The van der Waals surface area contributed by atoms with E-state index in [4.69, 9.17) is 4.74 Å². The Morgan fingerprint density at radius 3 is 2.23 bits per heavy atom. The highest BCUT2D eigenvalue weighted by Crippen LogP contribution is 2.46. The zero-order valence-corrected chi connectivity index (χ0v) is 21.9. The number of piperidine rings is 1. The number of hydrogen-bond donors (Lipinski definition) is 0. The molecular formula is C27H42N4O4. The van der Waals surface area contributed by atoms with Gasteiger partial charge in [0.2, 0.25) is 0 Å². The van der Waals surface area contributed by atoms with Crippen LogP contribution in [0.5, 0.6) is 0 Å². The van der Waals surface area contributed by atoms with Crippen LogP contribution in [0.2, 0.25) is 0 Å². The van der Waals surface area contributed by atoms with Crippen molar-refractivity contribution in [2.75, 3.05) is 50.7 Å². The molecule has 3 fully saturated rings. The normalized spacial score (nSPS) is 21.8. The van der Waals surface area contributed by atoms with E-state index in [1.165, 1.54) is 32.2 Å². The second kappa shape index (κ2) is 10.3. The van der Waals surface area contributed by atoms with Gasteiger partial charge in [0.15, 0.2) is 0 Å². The predicted molar refractivity (Wildman–Crippen MR) is 138 cm³/mol. The van der Waals surface area contributed by atoms with Crippen LogP contribution >= 0.6 is 0 Å². The summed E-state index contributed by atoms with van der Waals surface area (Å²) < 4.78 is 5.56. The van der Waals surface area contributed by atoms with Crippen molar-refractivity contribution in [3.8, 4) is 0 Å². The van der Waals surface area contributed by atoms with Crippen LogP contribution in [0.15, 0.2) is 18.2 Å². The van der Waals surface area contributed by atoms with Crippen molar-refractivity contribution in [1.29, 1.82) is 0 Å². The molecule has 0 N–H and O–H groups in total. The zero-order chi connectivity index (χ0) is 25.2. The summed E-state index contributed by atoms with van der Waals surface area (Å²) in [6, 6.07) is 5.19. The molecule has 1 aromatic carbocycles. The smallest absolute Gasteiger partial charge is 0.410 e. The van der Waals surface area contributed by atoms with E-state index in [2.05, 4.69) is 9.80 Å². The molecule has 1 saturated carbocycles. The summed E-state index contributed by atoms with van der Waals surface area (Å²) in [6.07, 6.45) is 7.17. The Labute approximate surface area is 209 Å². The number of amides is 1. The Morgan fingerprint density at radius 1 is 1.06 bits per heavy atom. The number of anilines is 1. The van der Waals surface area contributed by atoms with Gasteiger partial charge in [0.05, 0.1) is 4.92 Å². The van der Waals surface area contributed by atoms with E-state index in [1.807, 2.05) is 38.7 Å². The van der Waals surface area contributed by atoms with Crippen molar-refractivity contribution in [2.45, 2.75) is 71.8 Å². The number of carbonyl (C=O) groups excluding carboxylic acids is 1. The first-order chi connectivity index (χ1) is 16.5. The van der Waals surface area contributed by atoms with Crippen molar-refractivity contribution in [3.05, 3.63) is 33.9 Å². The Kier molecular flexibility index (Phi) is 7.60. The number of nitro groups is 1. The van der Waals surface area contributed by atoms with Gasteiger partial charge in [0, 0.05) is 63.6 Å². The van der Waals surface area contributed by atoms with Crippen LogP contribution in [0.25, 0.3) is 0 Å². The lowest BCUT2D eigenvalue weighted by molar-refractivity contribution is -0.384. The number of piperazine rings is 1. The maximum absolute atomic E-state index is 12.4. The molecule has 2 saturated heterocycles. The number of non-ortho nitro benzene ring substituents is 1. The lowest BCUT2D eigenvalue weighted by atomic mass is 9.65. The number of ether oxygens (including phenoxy) is 1. The maximum Gasteiger partial charge on any atom is 0.410 e. The van der Waals surface area contributed by atoms with Gasteiger partial charge in [-0.2, -0.15) is 0 Å². The van der Waals surface area contributed by atoms with Crippen LogP contribution in [0.1, 0.15) is 64.9 Å². The van der Waals surface area contributed by atoms with E-state index in [0.29, 0.717) is 5.41 Å². The molecule has 1 aliphatic carbocycles. The molecule has 8 nitrogen and oxygen atoms in total. The Morgan fingerprint density at radius 2 is 1.69 bits per heavy atom. The molecule has 3 aliphatic rings. The second-order valence-corrected chi connectivity index (χ2v) is 11.9. The molecule has 0 bridgehead atoms. The van der Waals surface area contributed by atoms with Gasteiger partial charge in [-0.25, -0.2) is 4.79 Å². The molecule has 4 rings (SSSR count). The molecule has 1 aromatic rings. The quantitative estimate of drug-likeness (QED) is 0.428. The predicted octanol–water partition coefficient (Wildman–Crippen LogP) is 5.23.